The van der Waals surface area contributed by atoms with Crippen LogP contribution in [-0.2, 0) is 6.42 Å². The second-order valence-corrected chi connectivity index (χ2v) is 4.84. The van der Waals surface area contributed by atoms with Crippen LogP contribution in [0.5, 0.6) is 0 Å². The Bertz CT molecular complexity index is 329. The summed E-state index contributed by atoms with van der Waals surface area (Å²) in [6, 6.07) is 6.27. The molecule has 0 aliphatic heterocycles. The lowest BCUT2D eigenvalue weighted by Crippen LogP contribution is -2.22. The van der Waals surface area contributed by atoms with Crippen molar-refractivity contribution in [3.63, 3.8) is 0 Å². The number of aryl methyl sites for hydroxylation is 1. The molecule has 1 aromatic carbocycles. The lowest BCUT2D eigenvalue weighted by molar-refractivity contribution is 0.872. The van der Waals surface area contributed by atoms with Crippen LogP contribution in [0.25, 0.3) is 0 Å². The van der Waals surface area contributed by atoms with Crippen LogP contribution in [0.3, 0.4) is 0 Å². The maximum Gasteiger partial charge on any atom is 0.0406 e. The Morgan fingerprint density at radius 3 is 2.73 bits per heavy atom. The molecule has 0 bridgehead atoms. The van der Waals surface area contributed by atoms with Crippen LogP contribution >= 0.6 is 11.6 Å². The maximum absolute atomic E-state index is 6.00. The minimum absolute atomic E-state index is 0.802. The van der Waals surface area contributed by atoms with Gasteiger partial charge in [-0.15, -0.1) is 6.07 Å². The van der Waals surface area contributed by atoms with Crippen molar-refractivity contribution < 1.29 is 0 Å². The van der Waals surface area contributed by atoms with Crippen molar-refractivity contribution in [2.45, 2.75) is 44.8 Å². The highest BCUT2D eigenvalue weighted by atomic mass is 35.5. The van der Waals surface area contributed by atoms with Crippen LogP contribution in [0.1, 0.15) is 38.2 Å². The molecule has 1 aliphatic carbocycles. The average molecular weight is 220 g/mol. The second-order valence-electron chi connectivity index (χ2n) is 4.41. The van der Waals surface area contributed by atoms with E-state index in [9.17, 15) is 0 Å². The van der Waals surface area contributed by atoms with Crippen LogP contribution < -0.4 is 5.46 Å². The van der Waals surface area contributed by atoms with Crippen LogP contribution in [0, 0.1) is 0 Å². The van der Waals surface area contributed by atoms with Crippen molar-refractivity contribution in [3.05, 3.63) is 28.8 Å². The Labute approximate surface area is 98.3 Å². The highest BCUT2D eigenvalue weighted by molar-refractivity contribution is 6.55. The monoisotopic (exact) mass is 219 g/mol. The highest BCUT2D eigenvalue weighted by Crippen LogP contribution is 2.29. The van der Waals surface area contributed by atoms with Gasteiger partial charge in [-0.2, -0.15) is 0 Å². The van der Waals surface area contributed by atoms with Gasteiger partial charge in [0.05, 0.1) is 0 Å². The minimum Gasteiger partial charge on any atom is -0.292 e. The number of hydrogen-bond donors (Lipinski definition) is 0. The molecule has 0 heterocycles. The summed E-state index contributed by atoms with van der Waals surface area (Å²) >= 11 is 6.00. The van der Waals surface area contributed by atoms with Gasteiger partial charge in [-0.3, -0.25) is 12.7 Å². The van der Waals surface area contributed by atoms with E-state index in [1.807, 2.05) is 6.07 Å². The molecule has 2 heteroatoms. The lowest BCUT2D eigenvalue weighted by atomic mass is 9.57. The molecule has 80 valence electrons. The van der Waals surface area contributed by atoms with Crippen LogP contribution in [0.15, 0.2) is 18.2 Å². The van der Waals surface area contributed by atoms with E-state index in [4.69, 9.17) is 11.6 Å². The van der Waals surface area contributed by atoms with Crippen LogP contribution in [0.4, 0.5) is 0 Å². The standard InChI is InChI=1S/C13H17BCl/c1-2-10-9-12(15)7-8-13(10)14-11-5-3-4-6-11/h7-9,11H,2-6H2,1H3/q-1. The van der Waals surface area contributed by atoms with Crippen LogP contribution in [0.2, 0.25) is 10.8 Å². The topological polar surface area (TPSA) is 0 Å². The normalized spacial score (nSPS) is 17.2. The van der Waals surface area contributed by atoms with Crippen molar-refractivity contribution in [1.82, 2.24) is 0 Å². The quantitative estimate of drug-likeness (QED) is 0.682. The third kappa shape index (κ3) is 2.78. The predicted octanol–water partition coefficient (Wildman–Crippen LogP) is 3.59. The number of rotatable bonds is 3. The van der Waals surface area contributed by atoms with Gasteiger partial charge in [0, 0.05) is 5.02 Å². The number of benzene rings is 1. The summed E-state index contributed by atoms with van der Waals surface area (Å²) in [5.74, 6) is 0.802. The molecule has 0 atom stereocenters. The smallest absolute Gasteiger partial charge is 0.0406 e. The van der Waals surface area contributed by atoms with Gasteiger partial charge in [0.25, 0.3) is 0 Å². The van der Waals surface area contributed by atoms with Crippen molar-refractivity contribution in [2.24, 2.45) is 0 Å². The second kappa shape index (κ2) is 5.07. The Morgan fingerprint density at radius 1 is 1.33 bits per heavy atom. The zero-order chi connectivity index (χ0) is 10.7. The summed E-state index contributed by atoms with van der Waals surface area (Å²) in [5, 5.41) is 0.857. The van der Waals surface area contributed by atoms with Gasteiger partial charge >= 0.3 is 0 Å². The molecule has 0 amide bonds. The molecule has 0 aromatic heterocycles. The Morgan fingerprint density at radius 2 is 2.07 bits per heavy atom. The summed E-state index contributed by atoms with van der Waals surface area (Å²) in [4.78, 5) is 0. The van der Waals surface area contributed by atoms with E-state index in [1.54, 1.807) is 0 Å². The first-order valence-electron chi connectivity index (χ1n) is 5.93. The van der Waals surface area contributed by atoms with E-state index in [-0.39, 0.29) is 0 Å². The first-order valence-corrected chi connectivity index (χ1v) is 6.30. The fourth-order valence-corrected chi connectivity index (χ4v) is 2.62. The predicted molar refractivity (Wildman–Crippen MR) is 68.4 cm³/mol. The highest BCUT2D eigenvalue weighted by Gasteiger charge is 2.06. The summed E-state index contributed by atoms with van der Waals surface area (Å²) in [5.41, 5.74) is 2.78. The Kier molecular flexibility index (Phi) is 3.74. The maximum atomic E-state index is 6.00. The molecule has 0 unspecified atom stereocenters. The fraction of sp³-hybridized carbons (Fsp3) is 0.538. The zero-order valence-electron chi connectivity index (χ0n) is 9.30. The molecule has 0 spiro atoms. The van der Waals surface area contributed by atoms with E-state index >= 15 is 0 Å². The molecule has 0 nitrogen and oxygen atoms in total. The molecule has 0 saturated heterocycles. The lowest BCUT2D eigenvalue weighted by Gasteiger charge is -2.27. The van der Waals surface area contributed by atoms with Gasteiger partial charge in [0.2, 0.25) is 0 Å². The summed E-state index contributed by atoms with van der Waals surface area (Å²) in [6.07, 6.45) is 6.60. The summed E-state index contributed by atoms with van der Waals surface area (Å²) in [6.45, 7) is 2.19. The zero-order valence-corrected chi connectivity index (χ0v) is 10.1. The summed E-state index contributed by atoms with van der Waals surface area (Å²) < 4.78 is 0. The molecule has 1 aromatic rings. The number of halogens is 1. The van der Waals surface area contributed by atoms with E-state index < -0.39 is 0 Å². The van der Waals surface area contributed by atoms with E-state index in [2.05, 4.69) is 26.3 Å². The largest absolute Gasteiger partial charge is 0.292 e. The molecule has 1 aliphatic rings. The first kappa shape index (κ1) is 11.1. The Hall–Kier alpha value is -0.425. The molecule has 2 rings (SSSR count). The van der Waals surface area contributed by atoms with Gasteiger partial charge in [-0.1, -0.05) is 49.8 Å². The Balaban J connectivity index is 2.12. The van der Waals surface area contributed by atoms with Gasteiger partial charge in [0.15, 0.2) is 0 Å². The van der Waals surface area contributed by atoms with Gasteiger partial charge < -0.3 is 0 Å². The third-order valence-corrected chi connectivity index (χ3v) is 3.54. The van der Waals surface area contributed by atoms with Gasteiger partial charge in [0.1, 0.15) is 0 Å². The molecular weight excluding hydrogens is 202 g/mol. The summed E-state index contributed by atoms with van der Waals surface area (Å²) in [7, 11) is 2.45. The molecule has 1 saturated carbocycles. The number of hydrogen-bond acceptors (Lipinski definition) is 0. The van der Waals surface area contributed by atoms with Crippen molar-refractivity contribution in [3.8, 4) is 0 Å². The molecule has 15 heavy (non-hydrogen) atoms. The SMILES string of the molecule is CCc1cc(Cl)ccc1[B-]C1CCCC1. The van der Waals surface area contributed by atoms with Crippen molar-refractivity contribution in [1.29, 1.82) is 0 Å². The van der Waals surface area contributed by atoms with Crippen molar-refractivity contribution in [2.75, 3.05) is 0 Å². The van der Waals surface area contributed by atoms with Gasteiger partial charge in [-0.25, -0.2) is 5.82 Å². The van der Waals surface area contributed by atoms with Crippen LogP contribution in [-0.4, -0.2) is 7.28 Å². The molecule has 0 N–H and O–H groups in total. The van der Waals surface area contributed by atoms with Gasteiger partial charge in [-0.05, 0) is 18.6 Å². The molecular formula is C13H17BCl-. The molecule has 1 fully saturated rings. The van der Waals surface area contributed by atoms with E-state index in [0.717, 1.165) is 17.3 Å². The van der Waals surface area contributed by atoms with E-state index in [1.165, 1.54) is 36.7 Å². The van der Waals surface area contributed by atoms with E-state index in [0.29, 0.717) is 0 Å². The minimum atomic E-state index is 0.802. The fourth-order valence-electron chi connectivity index (χ4n) is 2.42. The van der Waals surface area contributed by atoms with Crippen molar-refractivity contribution >= 4 is 24.3 Å². The molecule has 2 radical (unpaired) electrons. The third-order valence-electron chi connectivity index (χ3n) is 3.30. The first-order chi connectivity index (χ1) is 7.29. The average Bonchev–Trinajstić information content (AvgIpc) is 2.73.